The molecule has 0 spiro atoms. The highest BCUT2D eigenvalue weighted by Crippen LogP contribution is 2.32. The first-order valence-electron chi connectivity index (χ1n) is 8.60. The smallest absolute Gasteiger partial charge is 0.240 e. The van der Waals surface area contributed by atoms with Crippen molar-refractivity contribution in [2.45, 2.75) is 17.8 Å². The number of ether oxygens (including phenoxy) is 3. The van der Waals surface area contributed by atoms with Gasteiger partial charge in [0.25, 0.3) is 0 Å². The molecule has 28 heavy (non-hydrogen) atoms. The Labute approximate surface area is 166 Å². The zero-order chi connectivity index (χ0) is 19.3. The van der Waals surface area contributed by atoms with Gasteiger partial charge in [-0.25, -0.2) is 10.5 Å². The summed E-state index contributed by atoms with van der Waals surface area (Å²) in [5, 5.41) is 12.0. The van der Waals surface area contributed by atoms with Crippen molar-refractivity contribution in [3.63, 3.8) is 0 Å². The zero-order valence-electron chi connectivity index (χ0n) is 15.4. The number of benzene rings is 2. The number of rotatable bonds is 7. The number of anilines is 1. The average molecular weight is 397 g/mol. The zero-order valence-corrected chi connectivity index (χ0v) is 16.2. The van der Waals surface area contributed by atoms with Crippen LogP contribution < -0.4 is 19.6 Å². The fourth-order valence-corrected chi connectivity index (χ4v) is 3.31. The van der Waals surface area contributed by atoms with Crippen LogP contribution in [0.5, 0.6) is 17.2 Å². The summed E-state index contributed by atoms with van der Waals surface area (Å²) in [6.07, 6.45) is 0. The van der Waals surface area contributed by atoms with E-state index in [1.807, 2.05) is 49.4 Å². The minimum Gasteiger partial charge on any atom is -0.497 e. The standard InChI is InChI=1S/C19H19N5O3S/c1-12(14-5-8-16-17(9-14)27-11-26-16)21-22-18-20-19(24-23-18)28-10-13-3-6-15(25-2)7-4-13/h3-9H,10-11H2,1-2H3,(H2,20,22,23,24)/b21-12+. The molecule has 2 N–H and O–H groups in total. The molecule has 0 saturated heterocycles. The van der Waals surface area contributed by atoms with Gasteiger partial charge < -0.3 is 14.2 Å². The summed E-state index contributed by atoms with van der Waals surface area (Å²) in [5.41, 5.74) is 5.80. The molecular formula is C19H19N5O3S. The van der Waals surface area contributed by atoms with Crippen LogP contribution in [-0.4, -0.2) is 34.8 Å². The molecule has 3 aromatic rings. The first-order valence-corrected chi connectivity index (χ1v) is 9.58. The third-order valence-corrected chi connectivity index (χ3v) is 5.03. The highest BCUT2D eigenvalue weighted by atomic mass is 32.2. The molecule has 2 aromatic carbocycles. The number of aromatic nitrogens is 3. The topological polar surface area (TPSA) is 93.7 Å². The number of H-pyrrole nitrogens is 1. The summed E-state index contributed by atoms with van der Waals surface area (Å²) in [6.45, 7) is 2.16. The number of nitrogens with zero attached hydrogens (tertiary/aromatic N) is 3. The predicted octanol–water partition coefficient (Wildman–Crippen LogP) is 3.67. The van der Waals surface area contributed by atoms with Crippen LogP contribution in [0.3, 0.4) is 0 Å². The number of hydrogen-bond donors (Lipinski definition) is 2. The van der Waals surface area contributed by atoms with Crippen molar-refractivity contribution in [1.29, 1.82) is 0 Å². The largest absolute Gasteiger partial charge is 0.497 e. The molecule has 9 heteroatoms. The summed E-state index contributed by atoms with van der Waals surface area (Å²) >= 11 is 1.54. The van der Waals surface area contributed by atoms with Gasteiger partial charge in [0.1, 0.15) is 5.75 Å². The number of methoxy groups -OCH3 is 1. The first kappa shape index (κ1) is 18.2. The van der Waals surface area contributed by atoms with Crippen molar-refractivity contribution in [2.24, 2.45) is 5.10 Å². The lowest BCUT2D eigenvalue weighted by Crippen LogP contribution is -2.00. The van der Waals surface area contributed by atoms with Crippen molar-refractivity contribution in [3.05, 3.63) is 53.6 Å². The van der Waals surface area contributed by atoms with Crippen LogP contribution in [0.25, 0.3) is 0 Å². The fraction of sp³-hybridized carbons (Fsp3) is 0.211. The Bertz CT molecular complexity index is 987. The van der Waals surface area contributed by atoms with E-state index in [0.29, 0.717) is 11.1 Å². The molecule has 0 radical (unpaired) electrons. The van der Waals surface area contributed by atoms with Gasteiger partial charge in [-0.05, 0) is 42.8 Å². The Balaban J connectivity index is 1.34. The second-order valence-corrected chi connectivity index (χ2v) is 6.92. The number of thioether (sulfide) groups is 1. The summed E-state index contributed by atoms with van der Waals surface area (Å²) in [7, 11) is 1.66. The van der Waals surface area contributed by atoms with Gasteiger partial charge in [-0.3, -0.25) is 0 Å². The molecular weight excluding hydrogens is 378 g/mol. The number of hydrazone groups is 1. The Morgan fingerprint density at radius 3 is 2.86 bits per heavy atom. The summed E-state index contributed by atoms with van der Waals surface area (Å²) in [4.78, 5) is 4.39. The van der Waals surface area contributed by atoms with E-state index in [-0.39, 0.29) is 6.79 Å². The number of fused-ring (bicyclic) bond motifs is 1. The van der Waals surface area contributed by atoms with Gasteiger partial charge in [0, 0.05) is 11.3 Å². The number of aromatic amines is 1. The number of hydrogen-bond acceptors (Lipinski definition) is 8. The molecule has 8 nitrogen and oxygen atoms in total. The molecule has 0 saturated carbocycles. The maximum absolute atomic E-state index is 5.40. The van der Waals surface area contributed by atoms with Crippen molar-refractivity contribution in [3.8, 4) is 17.2 Å². The summed E-state index contributed by atoms with van der Waals surface area (Å²) < 4.78 is 15.9. The minimum atomic E-state index is 0.252. The van der Waals surface area contributed by atoms with E-state index in [9.17, 15) is 0 Å². The van der Waals surface area contributed by atoms with Gasteiger partial charge in [0.2, 0.25) is 17.9 Å². The van der Waals surface area contributed by atoms with Crippen LogP contribution in [0.4, 0.5) is 5.95 Å². The van der Waals surface area contributed by atoms with E-state index in [0.717, 1.165) is 34.3 Å². The molecule has 0 unspecified atom stereocenters. The quantitative estimate of drug-likeness (QED) is 0.357. The van der Waals surface area contributed by atoms with Crippen LogP contribution in [-0.2, 0) is 5.75 Å². The highest BCUT2D eigenvalue weighted by molar-refractivity contribution is 7.98. The number of nitrogens with one attached hydrogen (secondary N) is 2. The SMILES string of the molecule is COc1ccc(CSc2n[nH]c(N/N=C(\C)c3ccc4c(c3)OCO4)n2)cc1. The molecule has 0 atom stereocenters. The molecule has 0 aliphatic carbocycles. The predicted molar refractivity (Wildman–Crippen MR) is 107 cm³/mol. The Hall–Kier alpha value is -3.20. The van der Waals surface area contributed by atoms with Gasteiger partial charge in [-0.2, -0.15) is 10.1 Å². The highest BCUT2D eigenvalue weighted by Gasteiger charge is 2.14. The van der Waals surface area contributed by atoms with Crippen LogP contribution in [0.1, 0.15) is 18.1 Å². The minimum absolute atomic E-state index is 0.252. The molecule has 1 aliphatic rings. The Kier molecular flexibility index (Phi) is 5.34. The Morgan fingerprint density at radius 2 is 2.04 bits per heavy atom. The van der Waals surface area contributed by atoms with Gasteiger partial charge in [-0.15, -0.1) is 5.10 Å². The van der Waals surface area contributed by atoms with Gasteiger partial charge in [0.15, 0.2) is 11.5 Å². The average Bonchev–Trinajstić information content (AvgIpc) is 3.39. The van der Waals surface area contributed by atoms with E-state index in [1.165, 1.54) is 17.3 Å². The normalized spacial score (nSPS) is 12.9. The summed E-state index contributed by atoms with van der Waals surface area (Å²) in [6, 6.07) is 13.6. The van der Waals surface area contributed by atoms with E-state index in [4.69, 9.17) is 14.2 Å². The lowest BCUT2D eigenvalue weighted by molar-refractivity contribution is 0.174. The van der Waals surface area contributed by atoms with Crippen LogP contribution in [0, 0.1) is 0 Å². The van der Waals surface area contributed by atoms with E-state index in [1.54, 1.807) is 7.11 Å². The molecule has 2 heterocycles. The second-order valence-electron chi connectivity index (χ2n) is 5.98. The molecule has 1 aromatic heterocycles. The molecule has 1 aliphatic heterocycles. The monoisotopic (exact) mass is 397 g/mol. The third kappa shape index (κ3) is 4.20. The van der Waals surface area contributed by atoms with Crippen molar-refractivity contribution in [1.82, 2.24) is 15.2 Å². The lowest BCUT2D eigenvalue weighted by atomic mass is 10.1. The molecule has 144 valence electrons. The van der Waals surface area contributed by atoms with Gasteiger partial charge in [0.05, 0.1) is 12.8 Å². The van der Waals surface area contributed by atoms with E-state index in [2.05, 4.69) is 25.7 Å². The lowest BCUT2D eigenvalue weighted by Gasteiger charge is -2.03. The van der Waals surface area contributed by atoms with Gasteiger partial charge >= 0.3 is 0 Å². The molecule has 0 fully saturated rings. The summed E-state index contributed by atoms with van der Waals surface area (Å²) in [5.74, 6) is 3.56. The fourth-order valence-electron chi connectivity index (χ4n) is 2.55. The van der Waals surface area contributed by atoms with Crippen LogP contribution in [0.15, 0.2) is 52.7 Å². The second kappa shape index (κ2) is 8.22. The van der Waals surface area contributed by atoms with Crippen molar-refractivity contribution >= 4 is 23.4 Å². The third-order valence-electron chi connectivity index (χ3n) is 4.11. The van der Waals surface area contributed by atoms with Crippen molar-refractivity contribution in [2.75, 3.05) is 19.3 Å². The maximum Gasteiger partial charge on any atom is 0.240 e. The van der Waals surface area contributed by atoms with E-state index < -0.39 is 0 Å². The Morgan fingerprint density at radius 1 is 1.21 bits per heavy atom. The van der Waals surface area contributed by atoms with E-state index >= 15 is 0 Å². The van der Waals surface area contributed by atoms with Crippen LogP contribution >= 0.6 is 11.8 Å². The van der Waals surface area contributed by atoms with Gasteiger partial charge in [-0.1, -0.05) is 23.9 Å². The van der Waals surface area contributed by atoms with Crippen molar-refractivity contribution < 1.29 is 14.2 Å². The molecule has 4 rings (SSSR count). The first-order chi connectivity index (χ1) is 13.7. The maximum atomic E-state index is 5.40. The molecule has 0 amide bonds. The van der Waals surface area contributed by atoms with Crippen LogP contribution in [0.2, 0.25) is 0 Å². The molecule has 0 bridgehead atoms.